The molecule has 0 radical (unpaired) electrons. The lowest BCUT2D eigenvalue weighted by molar-refractivity contribution is 0.326. The van der Waals surface area contributed by atoms with Crippen LogP contribution < -0.4 is 10.1 Å². The molecule has 17 heavy (non-hydrogen) atoms. The minimum Gasteiger partial charge on any atom is -0.497 e. The fourth-order valence-electron chi connectivity index (χ4n) is 2.65. The molecule has 0 aliphatic carbocycles. The van der Waals surface area contributed by atoms with Crippen molar-refractivity contribution in [2.75, 3.05) is 34.3 Å². The third kappa shape index (κ3) is 2.79. The van der Waals surface area contributed by atoms with E-state index in [9.17, 15) is 0 Å². The van der Waals surface area contributed by atoms with Gasteiger partial charge in [-0.3, -0.25) is 0 Å². The van der Waals surface area contributed by atoms with E-state index in [1.807, 2.05) is 12.1 Å². The van der Waals surface area contributed by atoms with Crippen molar-refractivity contribution in [3.63, 3.8) is 0 Å². The fourth-order valence-corrected chi connectivity index (χ4v) is 2.65. The van der Waals surface area contributed by atoms with Gasteiger partial charge >= 0.3 is 0 Å². The van der Waals surface area contributed by atoms with Crippen LogP contribution in [0.4, 0.5) is 0 Å². The van der Waals surface area contributed by atoms with Crippen molar-refractivity contribution in [3.8, 4) is 5.75 Å². The van der Waals surface area contributed by atoms with Crippen molar-refractivity contribution >= 4 is 0 Å². The van der Waals surface area contributed by atoms with E-state index < -0.39 is 0 Å². The zero-order valence-electron chi connectivity index (χ0n) is 11.0. The van der Waals surface area contributed by atoms with Crippen LogP contribution in [-0.4, -0.2) is 44.7 Å². The van der Waals surface area contributed by atoms with Gasteiger partial charge in [0.1, 0.15) is 5.75 Å². The predicted molar refractivity (Wildman–Crippen MR) is 70.6 cm³/mol. The topological polar surface area (TPSA) is 24.5 Å². The molecular formula is C14H22N2O. The van der Waals surface area contributed by atoms with Crippen molar-refractivity contribution in [2.45, 2.75) is 18.4 Å². The Bertz CT molecular complexity index is 363. The van der Waals surface area contributed by atoms with E-state index in [-0.39, 0.29) is 5.54 Å². The molecule has 3 heteroatoms. The SMILES string of the molecule is CNC1(Cc2ccc(OC)cc2)CCN(C)C1. The molecule has 1 fully saturated rings. The van der Waals surface area contributed by atoms with Crippen LogP contribution in [0.2, 0.25) is 0 Å². The maximum atomic E-state index is 5.18. The Balaban J connectivity index is 2.07. The maximum absolute atomic E-state index is 5.18. The van der Waals surface area contributed by atoms with Crippen LogP contribution in [0.1, 0.15) is 12.0 Å². The highest BCUT2D eigenvalue weighted by atomic mass is 16.5. The Morgan fingerprint density at radius 1 is 1.35 bits per heavy atom. The van der Waals surface area contributed by atoms with E-state index >= 15 is 0 Å². The van der Waals surface area contributed by atoms with Gasteiger partial charge in [0.25, 0.3) is 0 Å². The number of nitrogens with one attached hydrogen (secondary N) is 1. The summed E-state index contributed by atoms with van der Waals surface area (Å²) in [6.45, 7) is 2.30. The van der Waals surface area contributed by atoms with Crippen molar-refractivity contribution in [1.29, 1.82) is 0 Å². The summed E-state index contributed by atoms with van der Waals surface area (Å²) in [4.78, 5) is 2.39. The first-order chi connectivity index (χ1) is 8.17. The van der Waals surface area contributed by atoms with Gasteiger partial charge in [0.05, 0.1) is 7.11 Å². The molecule has 0 bridgehead atoms. The molecule has 1 aromatic carbocycles. The van der Waals surface area contributed by atoms with E-state index in [1.165, 1.54) is 18.5 Å². The summed E-state index contributed by atoms with van der Waals surface area (Å²) in [5, 5.41) is 3.51. The second-order valence-electron chi connectivity index (χ2n) is 5.04. The Morgan fingerprint density at radius 2 is 2.06 bits per heavy atom. The van der Waals surface area contributed by atoms with Gasteiger partial charge in [-0.25, -0.2) is 0 Å². The summed E-state index contributed by atoms with van der Waals surface area (Å²) >= 11 is 0. The first-order valence-corrected chi connectivity index (χ1v) is 6.18. The van der Waals surface area contributed by atoms with Gasteiger partial charge in [-0.05, 0) is 51.2 Å². The summed E-state index contributed by atoms with van der Waals surface area (Å²) in [5.41, 5.74) is 1.61. The Hall–Kier alpha value is -1.06. The third-order valence-corrected chi connectivity index (χ3v) is 3.78. The monoisotopic (exact) mass is 234 g/mol. The largest absolute Gasteiger partial charge is 0.497 e. The van der Waals surface area contributed by atoms with Gasteiger partial charge < -0.3 is 15.0 Å². The average molecular weight is 234 g/mol. The van der Waals surface area contributed by atoms with E-state index in [4.69, 9.17) is 4.74 Å². The first-order valence-electron chi connectivity index (χ1n) is 6.18. The lowest BCUT2D eigenvalue weighted by Crippen LogP contribution is -2.47. The minimum atomic E-state index is 0.239. The van der Waals surface area contributed by atoms with E-state index in [0.717, 1.165) is 18.7 Å². The number of rotatable bonds is 4. The molecule has 1 aromatic rings. The van der Waals surface area contributed by atoms with Crippen LogP contribution in [0, 0.1) is 0 Å². The number of likely N-dealkylation sites (N-methyl/N-ethyl adjacent to an activating group) is 2. The standard InChI is InChI=1S/C14H22N2O/c1-15-14(8-9-16(2)11-14)10-12-4-6-13(17-3)7-5-12/h4-7,15H,8-11H2,1-3H3. The van der Waals surface area contributed by atoms with Gasteiger partial charge in [-0.15, -0.1) is 0 Å². The molecule has 1 aliphatic heterocycles. The Labute approximate surface area is 104 Å². The number of hydrogen-bond donors (Lipinski definition) is 1. The highest BCUT2D eigenvalue weighted by molar-refractivity contribution is 5.28. The van der Waals surface area contributed by atoms with Crippen molar-refractivity contribution in [2.24, 2.45) is 0 Å². The number of nitrogens with zero attached hydrogens (tertiary/aromatic N) is 1. The second kappa shape index (κ2) is 5.07. The first kappa shape index (κ1) is 12.4. The maximum Gasteiger partial charge on any atom is 0.118 e. The molecule has 1 atom stereocenters. The van der Waals surface area contributed by atoms with Crippen LogP contribution in [-0.2, 0) is 6.42 Å². The summed E-state index contributed by atoms with van der Waals surface area (Å²) in [7, 11) is 5.96. The van der Waals surface area contributed by atoms with Gasteiger partial charge in [0.2, 0.25) is 0 Å². The molecule has 2 rings (SSSR count). The molecule has 1 unspecified atom stereocenters. The Morgan fingerprint density at radius 3 is 2.53 bits per heavy atom. The number of likely N-dealkylation sites (tertiary alicyclic amines) is 1. The third-order valence-electron chi connectivity index (χ3n) is 3.78. The van der Waals surface area contributed by atoms with E-state index in [1.54, 1.807) is 7.11 Å². The van der Waals surface area contributed by atoms with Crippen LogP contribution in [0.3, 0.4) is 0 Å². The molecule has 1 aliphatic rings. The lowest BCUT2D eigenvalue weighted by Gasteiger charge is -2.29. The molecule has 0 saturated carbocycles. The number of benzene rings is 1. The van der Waals surface area contributed by atoms with Gasteiger partial charge in [-0.2, -0.15) is 0 Å². The zero-order valence-corrected chi connectivity index (χ0v) is 11.0. The second-order valence-corrected chi connectivity index (χ2v) is 5.04. The van der Waals surface area contributed by atoms with Gasteiger partial charge in [0, 0.05) is 12.1 Å². The molecule has 1 N–H and O–H groups in total. The zero-order chi connectivity index (χ0) is 12.3. The van der Waals surface area contributed by atoms with Crippen LogP contribution in [0.5, 0.6) is 5.75 Å². The summed E-state index contributed by atoms with van der Waals surface area (Å²) < 4.78 is 5.18. The summed E-state index contributed by atoms with van der Waals surface area (Å²) in [6.07, 6.45) is 2.30. The molecule has 94 valence electrons. The molecule has 0 aromatic heterocycles. The summed E-state index contributed by atoms with van der Waals surface area (Å²) in [6, 6.07) is 8.40. The van der Waals surface area contributed by atoms with Crippen molar-refractivity contribution < 1.29 is 4.74 Å². The van der Waals surface area contributed by atoms with Crippen LogP contribution in [0.25, 0.3) is 0 Å². The fraction of sp³-hybridized carbons (Fsp3) is 0.571. The molecule has 3 nitrogen and oxygen atoms in total. The molecular weight excluding hydrogens is 212 g/mol. The molecule has 1 heterocycles. The highest BCUT2D eigenvalue weighted by Gasteiger charge is 2.34. The van der Waals surface area contributed by atoms with E-state index in [2.05, 4.69) is 36.4 Å². The van der Waals surface area contributed by atoms with Crippen LogP contribution in [0.15, 0.2) is 24.3 Å². The minimum absolute atomic E-state index is 0.239. The smallest absolute Gasteiger partial charge is 0.118 e. The highest BCUT2D eigenvalue weighted by Crippen LogP contribution is 2.25. The van der Waals surface area contributed by atoms with Crippen molar-refractivity contribution in [3.05, 3.63) is 29.8 Å². The number of ether oxygens (including phenoxy) is 1. The van der Waals surface area contributed by atoms with Gasteiger partial charge in [-0.1, -0.05) is 12.1 Å². The number of hydrogen-bond acceptors (Lipinski definition) is 3. The summed E-state index contributed by atoms with van der Waals surface area (Å²) in [5.74, 6) is 0.927. The lowest BCUT2D eigenvalue weighted by atomic mass is 9.90. The molecule has 1 saturated heterocycles. The normalized spacial score (nSPS) is 25.1. The Kier molecular flexibility index (Phi) is 3.69. The van der Waals surface area contributed by atoms with Crippen LogP contribution >= 0.6 is 0 Å². The number of methoxy groups -OCH3 is 1. The van der Waals surface area contributed by atoms with Crippen molar-refractivity contribution in [1.82, 2.24) is 10.2 Å². The van der Waals surface area contributed by atoms with E-state index in [0.29, 0.717) is 0 Å². The molecule has 0 spiro atoms. The quantitative estimate of drug-likeness (QED) is 0.855. The average Bonchev–Trinajstić information content (AvgIpc) is 2.72. The predicted octanol–water partition coefficient (Wildman–Crippen LogP) is 1.53. The molecule has 0 amide bonds. The van der Waals surface area contributed by atoms with Gasteiger partial charge in [0.15, 0.2) is 0 Å².